The third kappa shape index (κ3) is 2.20. The average Bonchev–Trinajstić information content (AvgIpc) is 3.14. The monoisotopic (exact) mass is 297 g/mol. The van der Waals surface area contributed by atoms with Gasteiger partial charge in [0.05, 0.1) is 11.2 Å². The Morgan fingerprint density at radius 2 is 2.09 bits per heavy atom. The average molecular weight is 297 g/mol. The molecule has 2 aromatic heterocycles. The molecule has 0 radical (unpaired) electrons. The fraction of sp³-hybridized carbons (Fsp3) is 0.438. The zero-order valence-corrected chi connectivity index (χ0v) is 12.8. The van der Waals surface area contributed by atoms with Crippen molar-refractivity contribution < 1.29 is 4.52 Å². The van der Waals surface area contributed by atoms with Crippen molar-refractivity contribution in [3.05, 3.63) is 29.8 Å². The minimum Gasteiger partial charge on any atom is -0.339 e. The summed E-state index contributed by atoms with van der Waals surface area (Å²) in [6.07, 6.45) is 2.12. The van der Waals surface area contributed by atoms with Gasteiger partial charge in [-0.2, -0.15) is 10.1 Å². The fourth-order valence-corrected chi connectivity index (χ4v) is 3.17. The van der Waals surface area contributed by atoms with Crippen LogP contribution in [0, 0.1) is 6.92 Å². The van der Waals surface area contributed by atoms with Gasteiger partial charge in [0.1, 0.15) is 0 Å². The molecule has 1 aliphatic heterocycles. The number of nitrogens with zero attached hydrogens (tertiary/aromatic N) is 4. The van der Waals surface area contributed by atoms with E-state index < -0.39 is 0 Å². The number of fused-ring (bicyclic) bond motifs is 1. The van der Waals surface area contributed by atoms with Crippen LogP contribution in [0.5, 0.6) is 0 Å². The molecule has 6 heteroatoms. The van der Waals surface area contributed by atoms with Crippen molar-refractivity contribution >= 4 is 10.9 Å². The molecular weight excluding hydrogens is 278 g/mol. The molecule has 0 saturated carbocycles. The van der Waals surface area contributed by atoms with Crippen LogP contribution in [0.1, 0.15) is 30.3 Å². The Labute approximate surface area is 128 Å². The van der Waals surface area contributed by atoms with E-state index in [1.54, 1.807) is 0 Å². The smallest absolute Gasteiger partial charge is 0.230 e. The van der Waals surface area contributed by atoms with E-state index in [0.717, 1.165) is 54.0 Å². The van der Waals surface area contributed by atoms with Gasteiger partial charge in [-0.15, -0.1) is 0 Å². The molecule has 3 aromatic rings. The number of hydrogen-bond acceptors (Lipinski definition) is 5. The van der Waals surface area contributed by atoms with Crippen LogP contribution in [0.3, 0.4) is 0 Å². The third-order valence-electron chi connectivity index (χ3n) is 4.42. The van der Waals surface area contributed by atoms with Gasteiger partial charge >= 0.3 is 0 Å². The first-order valence-corrected chi connectivity index (χ1v) is 7.70. The molecular formula is C16H19N5O. The Balaban J connectivity index is 1.69. The maximum atomic E-state index is 5.50. The summed E-state index contributed by atoms with van der Waals surface area (Å²) in [7, 11) is 1.96. The number of hydrogen-bond donors (Lipinski definition) is 1. The first-order chi connectivity index (χ1) is 10.7. The molecule has 6 nitrogen and oxygen atoms in total. The number of aromatic nitrogens is 4. The van der Waals surface area contributed by atoms with Gasteiger partial charge in [0.2, 0.25) is 11.7 Å². The molecule has 0 bridgehead atoms. The van der Waals surface area contributed by atoms with Crippen LogP contribution in [-0.2, 0) is 7.05 Å². The second-order valence-electron chi connectivity index (χ2n) is 5.92. The highest BCUT2D eigenvalue weighted by molar-refractivity contribution is 5.85. The van der Waals surface area contributed by atoms with Crippen LogP contribution in [0.25, 0.3) is 22.3 Å². The standard InChI is InChI=1S/C16H19N5O/c1-10-13-9-12(3-4-14(13)21(2)19-10)15-18-16(22-20-15)11-5-7-17-8-6-11/h3-4,9,11,17H,5-8H2,1-2H3. The zero-order chi connectivity index (χ0) is 15.1. The maximum Gasteiger partial charge on any atom is 0.230 e. The Kier molecular flexibility index (Phi) is 3.18. The van der Waals surface area contributed by atoms with Crippen molar-refractivity contribution in [2.45, 2.75) is 25.7 Å². The molecule has 4 rings (SSSR count). The van der Waals surface area contributed by atoms with E-state index in [-0.39, 0.29) is 0 Å². The molecule has 0 amide bonds. The fourth-order valence-electron chi connectivity index (χ4n) is 3.17. The highest BCUT2D eigenvalue weighted by atomic mass is 16.5. The van der Waals surface area contributed by atoms with E-state index in [4.69, 9.17) is 4.52 Å². The predicted molar refractivity (Wildman–Crippen MR) is 83.6 cm³/mol. The summed E-state index contributed by atoms with van der Waals surface area (Å²) in [4.78, 5) is 4.61. The van der Waals surface area contributed by atoms with E-state index in [2.05, 4.69) is 32.7 Å². The lowest BCUT2D eigenvalue weighted by Crippen LogP contribution is -2.26. The van der Waals surface area contributed by atoms with E-state index in [1.165, 1.54) is 0 Å². The largest absolute Gasteiger partial charge is 0.339 e. The van der Waals surface area contributed by atoms with E-state index >= 15 is 0 Å². The maximum absolute atomic E-state index is 5.50. The van der Waals surface area contributed by atoms with Crippen LogP contribution in [0.15, 0.2) is 22.7 Å². The van der Waals surface area contributed by atoms with E-state index in [0.29, 0.717) is 11.7 Å². The summed E-state index contributed by atoms with van der Waals surface area (Å²) in [5.41, 5.74) is 3.11. The lowest BCUT2D eigenvalue weighted by molar-refractivity contribution is 0.320. The predicted octanol–water partition coefficient (Wildman–Crippen LogP) is 2.40. The minimum absolute atomic E-state index is 0.381. The number of rotatable bonds is 2. The third-order valence-corrected chi connectivity index (χ3v) is 4.42. The summed E-state index contributed by atoms with van der Waals surface area (Å²) in [6.45, 7) is 4.05. The molecule has 1 saturated heterocycles. The molecule has 0 spiro atoms. The molecule has 0 aliphatic carbocycles. The van der Waals surface area contributed by atoms with Gasteiger partial charge in [-0.3, -0.25) is 4.68 Å². The van der Waals surface area contributed by atoms with E-state index in [9.17, 15) is 0 Å². The molecule has 0 unspecified atom stereocenters. The molecule has 22 heavy (non-hydrogen) atoms. The number of piperidine rings is 1. The second kappa shape index (κ2) is 5.21. The molecule has 1 N–H and O–H groups in total. The molecule has 1 fully saturated rings. The Bertz CT molecular complexity index is 813. The van der Waals surface area contributed by atoms with Gasteiger partial charge in [0, 0.05) is 23.9 Å². The molecule has 1 aromatic carbocycles. The summed E-state index contributed by atoms with van der Waals surface area (Å²) in [6, 6.07) is 6.18. The van der Waals surface area contributed by atoms with Gasteiger partial charge in [-0.05, 0) is 51.1 Å². The Morgan fingerprint density at radius 1 is 1.27 bits per heavy atom. The minimum atomic E-state index is 0.381. The van der Waals surface area contributed by atoms with Crippen molar-refractivity contribution in [3.8, 4) is 11.4 Å². The van der Waals surface area contributed by atoms with Gasteiger partial charge < -0.3 is 9.84 Å². The molecule has 114 valence electrons. The highest BCUT2D eigenvalue weighted by Gasteiger charge is 2.22. The number of benzene rings is 1. The van der Waals surface area contributed by atoms with Crippen LogP contribution < -0.4 is 5.32 Å². The summed E-state index contributed by atoms with van der Waals surface area (Å²) < 4.78 is 7.39. The van der Waals surface area contributed by atoms with Gasteiger partial charge in [0.25, 0.3) is 0 Å². The zero-order valence-electron chi connectivity index (χ0n) is 12.8. The van der Waals surface area contributed by atoms with Crippen molar-refractivity contribution in [3.63, 3.8) is 0 Å². The first-order valence-electron chi connectivity index (χ1n) is 7.70. The Hall–Kier alpha value is -2.21. The summed E-state index contributed by atoms with van der Waals surface area (Å²) in [5.74, 6) is 1.81. The van der Waals surface area contributed by atoms with Crippen molar-refractivity contribution in [1.82, 2.24) is 25.2 Å². The summed E-state index contributed by atoms with van der Waals surface area (Å²) in [5, 5.41) is 13.1. The van der Waals surface area contributed by atoms with Crippen molar-refractivity contribution in [1.29, 1.82) is 0 Å². The quantitative estimate of drug-likeness (QED) is 0.786. The molecule has 3 heterocycles. The van der Waals surface area contributed by atoms with Crippen LogP contribution in [-0.4, -0.2) is 33.0 Å². The number of nitrogens with one attached hydrogen (secondary N) is 1. The first kappa shape index (κ1) is 13.5. The Morgan fingerprint density at radius 3 is 2.91 bits per heavy atom. The second-order valence-corrected chi connectivity index (χ2v) is 5.92. The van der Waals surface area contributed by atoms with Crippen LogP contribution in [0.2, 0.25) is 0 Å². The van der Waals surface area contributed by atoms with Crippen molar-refractivity contribution in [2.24, 2.45) is 7.05 Å². The number of aryl methyl sites for hydroxylation is 2. The lowest BCUT2D eigenvalue weighted by atomic mass is 9.98. The highest BCUT2D eigenvalue weighted by Crippen LogP contribution is 2.28. The van der Waals surface area contributed by atoms with Gasteiger partial charge in [-0.25, -0.2) is 0 Å². The van der Waals surface area contributed by atoms with Gasteiger partial charge in [0.15, 0.2) is 0 Å². The van der Waals surface area contributed by atoms with Crippen molar-refractivity contribution in [2.75, 3.05) is 13.1 Å². The van der Waals surface area contributed by atoms with Gasteiger partial charge in [-0.1, -0.05) is 5.16 Å². The van der Waals surface area contributed by atoms with E-state index in [1.807, 2.05) is 24.7 Å². The lowest BCUT2D eigenvalue weighted by Gasteiger charge is -2.18. The summed E-state index contributed by atoms with van der Waals surface area (Å²) >= 11 is 0. The molecule has 0 atom stereocenters. The normalized spacial score (nSPS) is 16.5. The topological polar surface area (TPSA) is 68.8 Å². The van der Waals surface area contributed by atoms with Crippen LogP contribution >= 0.6 is 0 Å². The SMILES string of the molecule is Cc1nn(C)c2ccc(-c3noc(C4CCNCC4)n3)cc12. The molecule has 1 aliphatic rings. The van der Waals surface area contributed by atoms with Crippen LogP contribution in [0.4, 0.5) is 0 Å².